The summed E-state index contributed by atoms with van der Waals surface area (Å²) in [4.78, 5) is 54.8. The third kappa shape index (κ3) is 5.93. The number of aliphatic carboxylic acids is 1. The Kier molecular flexibility index (Phi) is 8.27. The van der Waals surface area contributed by atoms with Crippen LogP contribution in [-0.4, -0.2) is 69.9 Å². The monoisotopic (exact) mass is 471 g/mol. The number of nitrogens with zero attached hydrogens (tertiary/aromatic N) is 1. The van der Waals surface area contributed by atoms with E-state index in [1.165, 1.54) is 4.90 Å². The SMILES string of the molecule is CC(C)CC(NC(=O)C(Cc1c[nH]c2ccccc12)NC(=O)C1CCCN1C(=O)CN)C(=O)O. The molecule has 0 aliphatic carbocycles. The Balaban J connectivity index is 1.83. The highest BCUT2D eigenvalue weighted by molar-refractivity contribution is 5.94. The first-order valence-electron chi connectivity index (χ1n) is 11.6. The zero-order chi connectivity index (χ0) is 24.8. The summed E-state index contributed by atoms with van der Waals surface area (Å²) in [6, 6.07) is 4.79. The Morgan fingerprint density at radius 1 is 1.18 bits per heavy atom. The second-order valence-electron chi connectivity index (χ2n) is 9.10. The fraction of sp³-hybridized carbons (Fsp3) is 0.500. The molecule has 10 heteroatoms. The van der Waals surface area contributed by atoms with Crippen LogP contribution in [0, 0.1) is 5.92 Å². The fourth-order valence-corrected chi connectivity index (χ4v) is 4.42. The number of benzene rings is 1. The molecule has 6 N–H and O–H groups in total. The van der Waals surface area contributed by atoms with E-state index in [2.05, 4.69) is 15.6 Å². The van der Waals surface area contributed by atoms with Crippen LogP contribution in [-0.2, 0) is 25.6 Å². The van der Waals surface area contributed by atoms with E-state index in [4.69, 9.17) is 5.73 Å². The highest BCUT2D eigenvalue weighted by Gasteiger charge is 2.36. The van der Waals surface area contributed by atoms with Gasteiger partial charge in [0.2, 0.25) is 17.7 Å². The van der Waals surface area contributed by atoms with Crippen LogP contribution in [0.1, 0.15) is 38.7 Å². The van der Waals surface area contributed by atoms with Crippen LogP contribution < -0.4 is 16.4 Å². The molecular weight excluding hydrogens is 438 g/mol. The Morgan fingerprint density at radius 2 is 1.91 bits per heavy atom. The predicted molar refractivity (Wildman–Crippen MR) is 127 cm³/mol. The number of para-hydroxylation sites is 1. The number of carbonyl (C=O) groups excluding carboxylic acids is 3. The molecule has 3 amide bonds. The van der Waals surface area contributed by atoms with Gasteiger partial charge < -0.3 is 31.4 Å². The smallest absolute Gasteiger partial charge is 0.326 e. The van der Waals surface area contributed by atoms with Crippen molar-refractivity contribution in [1.29, 1.82) is 0 Å². The van der Waals surface area contributed by atoms with Crippen molar-refractivity contribution in [1.82, 2.24) is 20.5 Å². The first-order chi connectivity index (χ1) is 16.2. The van der Waals surface area contributed by atoms with E-state index in [-0.39, 0.29) is 31.2 Å². The molecule has 0 saturated carbocycles. The molecule has 0 radical (unpaired) electrons. The normalized spacial score (nSPS) is 17.5. The number of likely N-dealkylation sites (tertiary alicyclic amines) is 1. The lowest BCUT2D eigenvalue weighted by molar-refractivity contribution is -0.143. The number of rotatable bonds is 10. The second kappa shape index (κ2) is 11.1. The quantitative estimate of drug-likeness (QED) is 0.344. The van der Waals surface area contributed by atoms with E-state index in [1.54, 1.807) is 6.20 Å². The van der Waals surface area contributed by atoms with Gasteiger partial charge in [-0.05, 0) is 36.8 Å². The van der Waals surface area contributed by atoms with Crippen LogP contribution in [0.25, 0.3) is 10.9 Å². The Hall–Kier alpha value is -3.40. The van der Waals surface area contributed by atoms with Gasteiger partial charge >= 0.3 is 5.97 Å². The summed E-state index contributed by atoms with van der Waals surface area (Å²) < 4.78 is 0. The van der Waals surface area contributed by atoms with Gasteiger partial charge in [-0.2, -0.15) is 0 Å². The maximum Gasteiger partial charge on any atom is 0.326 e. The summed E-state index contributed by atoms with van der Waals surface area (Å²) in [7, 11) is 0. The molecule has 3 rings (SSSR count). The van der Waals surface area contributed by atoms with Gasteiger partial charge in [0.15, 0.2) is 0 Å². The van der Waals surface area contributed by atoms with Gasteiger partial charge in [0.25, 0.3) is 0 Å². The number of hydrogen-bond acceptors (Lipinski definition) is 5. The fourth-order valence-electron chi connectivity index (χ4n) is 4.42. The highest BCUT2D eigenvalue weighted by Crippen LogP contribution is 2.21. The first-order valence-corrected chi connectivity index (χ1v) is 11.6. The molecule has 3 atom stereocenters. The summed E-state index contributed by atoms with van der Waals surface area (Å²) in [5.74, 6) is -2.43. The molecule has 1 fully saturated rings. The van der Waals surface area contributed by atoms with E-state index in [0.717, 1.165) is 16.5 Å². The minimum atomic E-state index is -1.13. The molecule has 2 heterocycles. The summed E-state index contributed by atoms with van der Waals surface area (Å²) in [6.07, 6.45) is 3.34. The molecule has 184 valence electrons. The molecule has 1 aliphatic rings. The molecule has 10 nitrogen and oxygen atoms in total. The Bertz CT molecular complexity index is 1050. The number of aromatic amines is 1. The van der Waals surface area contributed by atoms with Crippen LogP contribution in [0.5, 0.6) is 0 Å². The zero-order valence-corrected chi connectivity index (χ0v) is 19.5. The molecule has 34 heavy (non-hydrogen) atoms. The van der Waals surface area contributed by atoms with Crippen molar-refractivity contribution < 1.29 is 24.3 Å². The van der Waals surface area contributed by atoms with E-state index in [1.807, 2.05) is 38.1 Å². The van der Waals surface area contributed by atoms with Crippen molar-refractivity contribution in [3.63, 3.8) is 0 Å². The lowest BCUT2D eigenvalue weighted by atomic mass is 10.0. The van der Waals surface area contributed by atoms with Gasteiger partial charge in [-0.15, -0.1) is 0 Å². The first kappa shape index (κ1) is 25.2. The number of carboxylic acids is 1. The number of H-pyrrole nitrogens is 1. The molecule has 1 saturated heterocycles. The zero-order valence-electron chi connectivity index (χ0n) is 19.5. The maximum atomic E-state index is 13.2. The van der Waals surface area contributed by atoms with Gasteiger partial charge in [0.1, 0.15) is 18.1 Å². The van der Waals surface area contributed by atoms with Crippen molar-refractivity contribution >= 4 is 34.6 Å². The average molecular weight is 472 g/mol. The molecule has 0 bridgehead atoms. The number of hydrogen-bond donors (Lipinski definition) is 5. The number of aromatic nitrogens is 1. The third-order valence-corrected chi connectivity index (χ3v) is 6.10. The third-order valence-electron chi connectivity index (χ3n) is 6.10. The van der Waals surface area contributed by atoms with Crippen molar-refractivity contribution in [3.05, 3.63) is 36.0 Å². The summed E-state index contributed by atoms with van der Waals surface area (Å²) in [6.45, 7) is 3.98. The van der Waals surface area contributed by atoms with Crippen molar-refractivity contribution in [3.8, 4) is 0 Å². The van der Waals surface area contributed by atoms with Crippen LogP contribution in [0.4, 0.5) is 0 Å². The summed E-state index contributed by atoms with van der Waals surface area (Å²) >= 11 is 0. The molecule has 0 spiro atoms. The standard InChI is InChI=1S/C24H33N5O5/c1-14(2)10-19(24(33)34)28-22(31)18(11-15-13-26-17-7-4-3-6-16(15)17)27-23(32)20-8-5-9-29(20)21(30)12-25/h3-4,6-7,13-14,18-20,26H,5,8-12,25H2,1-2H3,(H,27,32)(H,28,31)(H,33,34). The Morgan fingerprint density at radius 3 is 2.59 bits per heavy atom. The van der Waals surface area contributed by atoms with E-state index in [0.29, 0.717) is 19.4 Å². The van der Waals surface area contributed by atoms with Crippen molar-refractivity contribution in [2.45, 2.75) is 57.7 Å². The number of carbonyl (C=O) groups is 4. The molecule has 1 aliphatic heterocycles. The van der Waals surface area contributed by atoms with E-state index < -0.39 is 35.9 Å². The largest absolute Gasteiger partial charge is 0.480 e. The van der Waals surface area contributed by atoms with Gasteiger partial charge in [-0.25, -0.2) is 4.79 Å². The number of carboxylic acid groups (broad SMARTS) is 1. The highest BCUT2D eigenvalue weighted by atomic mass is 16.4. The molecule has 3 unspecified atom stereocenters. The minimum Gasteiger partial charge on any atom is -0.480 e. The Labute approximate surface area is 198 Å². The van der Waals surface area contributed by atoms with Crippen molar-refractivity contribution in [2.75, 3.05) is 13.1 Å². The van der Waals surface area contributed by atoms with Crippen molar-refractivity contribution in [2.24, 2.45) is 11.7 Å². The van der Waals surface area contributed by atoms with E-state index >= 15 is 0 Å². The molecular formula is C24H33N5O5. The van der Waals surface area contributed by atoms with Gasteiger partial charge in [-0.3, -0.25) is 14.4 Å². The topological polar surface area (TPSA) is 158 Å². The van der Waals surface area contributed by atoms with Crippen LogP contribution in [0.15, 0.2) is 30.5 Å². The van der Waals surface area contributed by atoms with Gasteiger partial charge in [0, 0.05) is 30.1 Å². The molecule has 2 aromatic rings. The lowest BCUT2D eigenvalue weighted by Gasteiger charge is -2.27. The van der Waals surface area contributed by atoms with Crippen LogP contribution in [0.3, 0.4) is 0 Å². The molecule has 1 aromatic heterocycles. The number of fused-ring (bicyclic) bond motifs is 1. The summed E-state index contributed by atoms with van der Waals surface area (Å²) in [5, 5.41) is 15.8. The summed E-state index contributed by atoms with van der Waals surface area (Å²) in [5.41, 5.74) is 7.19. The van der Waals surface area contributed by atoms with E-state index in [9.17, 15) is 24.3 Å². The number of nitrogens with two attached hydrogens (primary N) is 1. The lowest BCUT2D eigenvalue weighted by Crippen LogP contribution is -2.56. The maximum absolute atomic E-state index is 13.2. The predicted octanol–water partition coefficient (Wildman–Crippen LogP) is 0.760. The average Bonchev–Trinajstić information content (AvgIpc) is 3.45. The molecule has 1 aromatic carbocycles. The van der Waals surface area contributed by atoms with Crippen LogP contribution in [0.2, 0.25) is 0 Å². The number of nitrogens with one attached hydrogen (secondary N) is 3. The second-order valence-corrected chi connectivity index (χ2v) is 9.10. The van der Waals surface area contributed by atoms with Gasteiger partial charge in [0.05, 0.1) is 6.54 Å². The number of amides is 3. The van der Waals surface area contributed by atoms with Gasteiger partial charge in [-0.1, -0.05) is 32.0 Å². The van der Waals surface area contributed by atoms with Crippen LogP contribution >= 0.6 is 0 Å². The minimum absolute atomic E-state index is 0.0531.